The van der Waals surface area contributed by atoms with Crippen molar-refractivity contribution in [2.45, 2.75) is 84.8 Å². The minimum Gasteiger partial charge on any atom is -0.379 e. The third-order valence-corrected chi connectivity index (χ3v) is 2.88. The van der Waals surface area contributed by atoms with Gasteiger partial charge in [0.2, 0.25) is 0 Å². The molecule has 1 unspecified atom stereocenters. The van der Waals surface area contributed by atoms with E-state index in [0.717, 1.165) is 19.6 Å². The first-order chi connectivity index (χ1) is 8.16. The highest BCUT2D eigenvalue weighted by Gasteiger charge is 2.02. The van der Waals surface area contributed by atoms with Crippen LogP contribution in [-0.2, 0) is 9.47 Å². The van der Waals surface area contributed by atoms with E-state index in [9.17, 15) is 0 Å². The van der Waals surface area contributed by atoms with Gasteiger partial charge < -0.3 is 9.47 Å². The van der Waals surface area contributed by atoms with Crippen LogP contribution >= 0.6 is 0 Å². The van der Waals surface area contributed by atoms with E-state index in [2.05, 4.69) is 27.7 Å². The Hall–Kier alpha value is -0.0800. The van der Waals surface area contributed by atoms with Gasteiger partial charge in [-0.15, -0.1) is 0 Å². The van der Waals surface area contributed by atoms with Gasteiger partial charge in [-0.2, -0.15) is 0 Å². The fraction of sp³-hybridized carbons (Fsp3) is 1.00. The highest BCUT2D eigenvalue weighted by molar-refractivity contribution is 4.51. The molecule has 0 aromatic carbocycles. The number of hydrogen-bond acceptors (Lipinski definition) is 2. The first-order valence-corrected chi connectivity index (χ1v) is 7.40. The molecule has 0 fully saturated rings. The summed E-state index contributed by atoms with van der Waals surface area (Å²) in [6.45, 7) is 10.3. The summed E-state index contributed by atoms with van der Waals surface area (Å²) >= 11 is 0. The van der Waals surface area contributed by atoms with Crippen LogP contribution in [0.5, 0.6) is 0 Å². The van der Waals surface area contributed by atoms with Gasteiger partial charge in [-0.1, -0.05) is 39.0 Å². The third-order valence-electron chi connectivity index (χ3n) is 2.88. The molecule has 2 nitrogen and oxygen atoms in total. The first-order valence-electron chi connectivity index (χ1n) is 7.40. The molecule has 0 aliphatic rings. The number of rotatable bonds is 12. The van der Waals surface area contributed by atoms with Crippen LogP contribution in [0.1, 0.15) is 72.6 Å². The molecule has 0 spiro atoms. The SMILES string of the molecule is CCCCCCCCOC(C)CCOC(C)C. The maximum atomic E-state index is 5.75. The second kappa shape index (κ2) is 12.4. The van der Waals surface area contributed by atoms with E-state index >= 15 is 0 Å². The van der Waals surface area contributed by atoms with Crippen molar-refractivity contribution in [1.29, 1.82) is 0 Å². The van der Waals surface area contributed by atoms with E-state index in [0.29, 0.717) is 12.2 Å². The average Bonchev–Trinajstić information content (AvgIpc) is 2.27. The normalized spacial score (nSPS) is 13.2. The summed E-state index contributed by atoms with van der Waals surface area (Å²) < 4.78 is 11.3. The predicted molar refractivity (Wildman–Crippen MR) is 74.5 cm³/mol. The van der Waals surface area contributed by atoms with Gasteiger partial charge in [0.05, 0.1) is 12.2 Å². The molecule has 0 aliphatic heterocycles. The smallest absolute Gasteiger partial charge is 0.0568 e. The molecule has 2 heteroatoms. The molecule has 104 valence electrons. The first kappa shape index (κ1) is 16.9. The fourth-order valence-electron chi connectivity index (χ4n) is 1.72. The van der Waals surface area contributed by atoms with Crippen LogP contribution in [0.25, 0.3) is 0 Å². The third kappa shape index (κ3) is 13.9. The number of unbranched alkanes of at least 4 members (excludes halogenated alkanes) is 5. The molecule has 17 heavy (non-hydrogen) atoms. The molecular formula is C15H32O2. The lowest BCUT2D eigenvalue weighted by Crippen LogP contribution is -2.14. The van der Waals surface area contributed by atoms with Gasteiger partial charge in [-0.25, -0.2) is 0 Å². The minimum atomic E-state index is 0.334. The monoisotopic (exact) mass is 244 g/mol. The Kier molecular flexibility index (Phi) is 12.3. The molecule has 0 rings (SSSR count). The summed E-state index contributed by atoms with van der Waals surface area (Å²) in [7, 11) is 0. The zero-order chi connectivity index (χ0) is 12.9. The summed E-state index contributed by atoms with van der Waals surface area (Å²) in [5.41, 5.74) is 0. The molecule has 0 bridgehead atoms. The largest absolute Gasteiger partial charge is 0.379 e. The topological polar surface area (TPSA) is 18.5 Å². The fourth-order valence-corrected chi connectivity index (χ4v) is 1.72. The summed E-state index contributed by atoms with van der Waals surface area (Å²) in [5.74, 6) is 0. The Morgan fingerprint density at radius 3 is 2.06 bits per heavy atom. The summed E-state index contributed by atoms with van der Waals surface area (Å²) in [6, 6.07) is 0. The molecule has 0 aliphatic carbocycles. The van der Waals surface area contributed by atoms with Crippen molar-refractivity contribution in [2.75, 3.05) is 13.2 Å². The Labute approximate surface area is 108 Å². The quantitative estimate of drug-likeness (QED) is 0.468. The Morgan fingerprint density at radius 1 is 0.765 bits per heavy atom. The van der Waals surface area contributed by atoms with Gasteiger partial charge >= 0.3 is 0 Å². The lowest BCUT2D eigenvalue weighted by Gasteiger charge is -2.14. The molecule has 0 saturated heterocycles. The van der Waals surface area contributed by atoms with Gasteiger partial charge in [-0.3, -0.25) is 0 Å². The Balaban J connectivity index is 3.13. The second-order valence-corrected chi connectivity index (χ2v) is 5.16. The zero-order valence-corrected chi connectivity index (χ0v) is 12.3. The molecule has 0 N–H and O–H groups in total. The van der Waals surface area contributed by atoms with Crippen LogP contribution in [0, 0.1) is 0 Å². The van der Waals surface area contributed by atoms with Crippen molar-refractivity contribution in [3.63, 3.8) is 0 Å². The van der Waals surface area contributed by atoms with Crippen molar-refractivity contribution in [3.8, 4) is 0 Å². The van der Waals surface area contributed by atoms with E-state index in [1.807, 2.05) is 0 Å². The highest BCUT2D eigenvalue weighted by Crippen LogP contribution is 2.06. The van der Waals surface area contributed by atoms with Gasteiger partial charge in [0.25, 0.3) is 0 Å². The molecule has 1 atom stereocenters. The number of ether oxygens (including phenoxy) is 2. The van der Waals surface area contributed by atoms with Gasteiger partial charge in [0, 0.05) is 13.2 Å². The van der Waals surface area contributed by atoms with Crippen molar-refractivity contribution < 1.29 is 9.47 Å². The van der Waals surface area contributed by atoms with E-state index < -0.39 is 0 Å². The molecule has 0 radical (unpaired) electrons. The molecular weight excluding hydrogens is 212 g/mol. The van der Waals surface area contributed by atoms with E-state index in [1.165, 1.54) is 38.5 Å². The summed E-state index contributed by atoms with van der Waals surface area (Å²) in [6.07, 6.45) is 9.65. The van der Waals surface area contributed by atoms with E-state index in [-0.39, 0.29) is 0 Å². The van der Waals surface area contributed by atoms with Crippen molar-refractivity contribution in [1.82, 2.24) is 0 Å². The van der Waals surface area contributed by atoms with Crippen molar-refractivity contribution >= 4 is 0 Å². The Bertz CT molecular complexity index is 146. The van der Waals surface area contributed by atoms with Crippen LogP contribution in [0.15, 0.2) is 0 Å². The van der Waals surface area contributed by atoms with Crippen LogP contribution in [0.2, 0.25) is 0 Å². The maximum Gasteiger partial charge on any atom is 0.0568 e. The van der Waals surface area contributed by atoms with Crippen molar-refractivity contribution in [2.24, 2.45) is 0 Å². The lowest BCUT2D eigenvalue weighted by molar-refractivity contribution is 0.0146. The molecule has 0 saturated carbocycles. The van der Waals surface area contributed by atoms with Crippen LogP contribution in [0.3, 0.4) is 0 Å². The lowest BCUT2D eigenvalue weighted by atomic mass is 10.1. The van der Waals surface area contributed by atoms with Crippen LogP contribution in [0.4, 0.5) is 0 Å². The number of hydrogen-bond donors (Lipinski definition) is 0. The second-order valence-electron chi connectivity index (χ2n) is 5.16. The average molecular weight is 244 g/mol. The molecule has 0 aromatic heterocycles. The molecule has 0 aromatic rings. The van der Waals surface area contributed by atoms with E-state index in [4.69, 9.17) is 9.47 Å². The van der Waals surface area contributed by atoms with Gasteiger partial charge in [0.1, 0.15) is 0 Å². The van der Waals surface area contributed by atoms with E-state index in [1.54, 1.807) is 0 Å². The summed E-state index contributed by atoms with van der Waals surface area (Å²) in [5, 5.41) is 0. The van der Waals surface area contributed by atoms with Crippen molar-refractivity contribution in [3.05, 3.63) is 0 Å². The summed E-state index contributed by atoms with van der Waals surface area (Å²) in [4.78, 5) is 0. The van der Waals surface area contributed by atoms with Crippen LogP contribution in [-0.4, -0.2) is 25.4 Å². The molecule has 0 amide bonds. The van der Waals surface area contributed by atoms with Gasteiger partial charge in [0.15, 0.2) is 0 Å². The minimum absolute atomic E-state index is 0.334. The molecule has 0 heterocycles. The van der Waals surface area contributed by atoms with Crippen LogP contribution < -0.4 is 0 Å². The zero-order valence-electron chi connectivity index (χ0n) is 12.3. The Morgan fingerprint density at radius 2 is 1.41 bits per heavy atom. The maximum absolute atomic E-state index is 5.75. The van der Waals surface area contributed by atoms with Gasteiger partial charge in [-0.05, 0) is 33.6 Å². The predicted octanol–water partition coefficient (Wildman–Crippen LogP) is 4.57. The standard InChI is InChI=1S/C15H32O2/c1-5-6-7-8-9-10-12-17-15(4)11-13-16-14(2)3/h14-15H,5-13H2,1-4H3. The highest BCUT2D eigenvalue weighted by atomic mass is 16.5.